The van der Waals surface area contributed by atoms with Gasteiger partial charge >= 0.3 is 6.01 Å². The zero-order valence-corrected chi connectivity index (χ0v) is 20.9. The van der Waals surface area contributed by atoms with Crippen LogP contribution in [0.2, 0.25) is 0 Å². The van der Waals surface area contributed by atoms with Gasteiger partial charge in [-0.3, -0.25) is 0 Å². The van der Waals surface area contributed by atoms with Gasteiger partial charge in [0.2, 0.25) is 11.9 Å². The van der Waals surface area contributed by atoms with Gasteiger partial charge in [0.25, 0.3) is 0 Å². The molecule has 0 saturated carbocycles. The lowest BCUT2D eigenvalue weighted by molar-refractivity contribution is -0.297. The van der Waals surface area contributed by atoms with Crippen LogP contribution >= 0.6 is 0 Å². The molecule has 32 heavy (non-hydrogen) atoms. The quantitative estimate of drug-likeness (QED) is 0.702. The first-order valence-electron chi connectivity index (χ1n) is 11.4. The lowest BCUT2D eigenvalue weighted by Gasteiger charge is -2.50. The van der Waals surface area contributed by atoms with Crippen LogP contribution in [0.4, 0.5) is 11.9 Å². The molecular formula is C22H39N7O3. The minimum Gasteiger partial charge on any atom is -0.460 e. The van der Waals surface area contributed by atoms with Crippen molar-refractivity contribution < 1.29 is 15.2 Å². The standard InChI is InChI=1S/C22H39N7O3/c1-19(2)10-14(11-20(3,4)28(19)30)24-17-25-16(23-9)26-18(27-17)32-15-12-21(5,6)29(31)22(7,8)13-15/h14-15H,10-13H2,1-9H3,(H2,23,24,25,26,27). The second-order valence-corrected chi connectivity index (χ2v) is 11.8. The normalized spacial score (nSPS) is 26.0. The van der Waals surface area contributed by atoms with Crippen LogP contribution in [0.15, 0.2) is 0 Å². The Kier molecular flexibility index (Phi) is 6.40. The van der Waals surface area contributed by atoms with Gasteiger partial charge in [-0.25, -0.2) is 0 Å². The minimum absolute atomic E-state index is 0.0340. The Bertz CT molecular complexity index is 729. The Morgan fingerprint density at radius 2 is 1.19 bits per heavy atom. The molecule has 0 spiro atoms. The monoisotopic (exact) mass is 449 g/mol. The van der Waals surface area contributed by atoms with E-state index in [1.165, 1.54) is 10.1 Å². The van der Waals surface area contributed by atoms with Crippen molar-refractivity contribution in [3.05, 3.63) is 0 Å². The number of hydrogen-bond acceptors (Lipinski definition) is 8. The van der Waals surface area contributed by atoms with E-state index in [-0.39, 0.29) is 18.2 Å². The topological polar surface area (TPSA) is 118 Å². The van der Waals surface area contributed by atoms with E-state index < -0.39 is 22.2 Å². The zero-order valence-electron chi connectivity index (χ0n) is 20.9. The fraction of sp³-hybridized carbons (Fsp3) is 0.864. The van der Waals surface area contributed by atoms with Crippen molar-refractivity contribution in [1.29, 1.82) is 0 Å². The largest absolute Gasteiger partial charge is 0.460 e. The summed E-state index contributed by atoms with van der Waals surface area (Å²) in [4.78, 5) is 13.3. The number of anilines is 2. The Hall–Kier alpha value is -1.75. The van der Waals surface area contributed by atoms with Crippen molar-refractivity contribution >= 4 is 11.9 Å². The van der Waals surface area contributed by atoms with Gasteiger partial charge in [0.15, 0.2) is 0 Å². The van der Waals surface area contributed by atoms with E-state index in [0.29, 0.717) is 37.6 Å². The molecule has 0 atom stereocenters. The Balaban J connectivity index is 1.79. The molecule has 3 heterocycles. The third-order valence-corrected chi connectivity index (χ3v) is 6.59. The average Bonchev–Trinajstić information content (AvgIpc) is 2.63. The first-order valence-corrected chi connectivity index (χ1v) is 11.4. The molecule has 2 aliphatic heterocycles. The van der Waals surface area contributed by atoms with Crippen LogP contribution in [-0.2, 0) is 10.4 Å². The first-order chi connectivity index (χ1) is 14.6. The summed E-state index contributed by atoms with van der Waals surface area (Å²) in [7, 11) is 1.74. The van der Waals surface area contributed by atoms with Gasteiger partial charge in [0, 0.05) is 48.1 Å². The molecule has 3 rings (SSSR count). The van der Waals surface area contributed by atoms with Gasteiger partial charge in [0.05, 0.1) is 0 Å². The molecular weight excluding hydrogens is 410 g/mol. The van der Waals surface area contributed by atoms with Crippen molar-refractivity contribution in [1.82, 2.24) is 25.1 Å². The number of ether oxygens (including phenoxy) is 1. The zero-order chi connectivity index (χ0) is 24.1. The fourth-order valence-corrected chi connectivity index (χ4v) is 5.54. The molecule has 2 radical (unpaired) electrons. The molecule has 0 aliphatic carbocycles. The van der Waals surface area contributed by atoms with Crippen LogP contribution in [0.5, 0.6) is 6.01 Å². The molecule has 0 bridgehead atoms. The van der Waals surface area contributed by atoms with Gasteiger partial charge in [-0.05, 0) is 68.2 Å². The summed E-state index contributed by atoms with van der Waals surface area (Å²) in [6, 6.07) is 0.259. The minimum atomic E-state index is -0.546. The average molecular weight is 450 g/mol. The molecule has 2 N–H and O–H groups in total. The Labute approximate surface area is 191 Å². The van der Waals surface area contributed by atoms with E-state index in [9.17, 15) is 10.4 Å². The third kappa shape index (κ3) is 5.08. The van der Waals surface area contributed by atoms with Gasteiger partial charge < -0.3 is 15.4 Å². The highest BCUT2D eigenvalue weighted by Gasteiger charge is 2.48. The Morgan fingerprint density at radius 3 is 1.66 bits per heavy atom. The number of nitrogens with one attached hydrogen (secondary N) is 2. The van der Waals surface area contributed by atoms with Crippen molar-refractivity contribution in [3.63, 3.8) is 0 Å². The van der Waals surface area contributed by atoms with E-state index in [1.807, 2.05) is 55.4 Å². The first kappa shape index (κ1) is 24.9. The van der Waals surface area contributed by atoms with Crippen LogP contribution in [-0.4, -0.2) is 66.4 Å². The van der Waals surface area contributed by atoms with Crippen LogP contribution in [0.1, 0.15) is 81.1 Å². The smallest absolute Gasteiger partial charge is 0.323 e. The fourth-order valence-electron chi connectivity index (χ4n) is 5.54. The second-order valence-electron chi connectivity index (χ2n) is 11.8. The molecule has 0 aromatic carbocycles. The SMILES string of the molecule is CNc1nc(NC2CC(C)(C)N([O])C(C)(C)C2)nc(OC2CC(C)(C)N([O])C(C)(C)C2)n1. The number of piperidine rings is 2. The molecule has 10 nitrogen and oxygen atoms in total. The van der Waals surface area contributed by atoms with Gasteiger partial charge in [-0.2, -0.15) is 15.0 Å². The number of aromatic nitrogens is 3. The van der Waals surface area contributed by atoms with Crippen LogP contribution < -0.4 is 15.4 Å². The van der Waals surface area contributed by atoms with Crippen molar-refractivity contribution in [2.75, 3.05) is 17.7 Å². The summed E-state index contributed by atoms with van der Waals surface area (Å²) in [5, 5.41) is 34.0. The van der Waals surface area contributed by atoms with E-state index in [0.717, 1.165) is 0 Å². The molecule has 2 aliphatic rings. The summed E-state index contributed by atoms with van der Waals surface area (Å²) in [6.07, 6.45) is 2.30. The van der Waals surface area contributed by atoms with Crippen molar-refractivity contribution in [3.8, 4) is 6.01 Å². The van der Waals surface area contributed by atoms with Crippen molar-refractivity contribution in [2.24, 2.45) is 0 Å². The van der Waals surface area contributed by atoms with Crippen LogP contribution in [0.25, 0.3) is 0 Å². The molecule has 2 fully saturated rings. The molecule has 1 aromatic heterocycles. The molecule has 0 amide bonds. The maximum atomic E-state index is 12.7. The van der Waals surface area contributed by atoms with Crippen LogP contribution in [0.3, 0.4) is 0 Å². The summed E-state index contributed by atoms with van der Waals surface area (Å²) < 4.78 is 6.18. The van der Waals surface area contributed by atoms with Gasteiger partial charge in [0.1, 0.15) is 6.10 Å². The predicted molar refractivity (Wildman–Crippen MR) is 121 cm³/mol. The van der Waals surface area contributed by atoms with Gasteiger partial charge in [-0.1, -0.05) is 0 Å². The number of hydrogen-bond donors (Lipinski definition) is 2. The Morgan fingerprint density at radius 1 is 0.750 bits per heavy atom. The number of hydroxylamine groups is 4. The van der Waals surface area contributed by atoms with Crippen LogP contribution in [0, 0.1) is 0 Å². The summed E-state index contributed by atoms with van der Waals surface area (Å²) in [5.41, 5.74) is -2.09. The molecule has 2 saturated heterocycles. The molecule has 0 unspecified atom stereocenters. The highest BCUT2D eigenvalue weighted by atomic mass is 16.5. The van der Waals surface area contributed by atoms with Gasteiger partial charge in [-0.15, -0.1) is 20.5 Å². The summed E-state index contributed by atoms with van der Waals surface area (Å²) >= 11 is 0. The number of rotatable bonds is 5. The maximum Gasteiger partial charge on any atom is 0.323 e. The lowest BCUT2D eigenvalue weighted by atomic mass is 9.79. The highest BCUT2D eigenvalue weighted by Crippen LogP contribution is 2.39. The summed E-state index contributed by atoms with van der Waals surface area (Å²) in [5.74, 6) is 0.812. The maximum absolute atomic E-state index is 12.7. The van der Waals surface area contributed by atoms with E-state index in [1.54, 1.807) is 7.05 Å². The van der Waals surface area contributed by atoms with E-state index >= 15 is 0 Å². The van der Waals surface area contributed by atoms with E-state index in [2.05, 4.69) is 25.6 Å². The highest BCUT2D eigenvalue weighted by molar-refractivity contribution is 5.36. The van der Waals surface area contributed by atoms with E-state index in [4.69, 9.17) is 4.74 Å². The lowest BCUT2D eigenvalue weighted by Crippen LogP contribution is -2.60. The molecule has 180 valence electrons. The molecule has 1 aromatic rings. The van der Waals surface area contributed by atoms with Crippen molar-refractivity contribution in [2.45, 2.75) is 115 Å². The third-order valence-electron chi connectivity index (χ3n) is 6.59. The molecule has 10 heteroatoms. The predicted octanol–water partition coefficient (Wildman–Crippen LogP) is 3.44. The number of nitrogens with zero attached hydrogens (tertiary/aromatic N) is 5. The summed E-state index contributed by atoms with van der Waals surface area (Å²) in [6.45, 7) is 15.6. The second kappa shape index (κ2) is 8.23.